The van der Waals surface area contributed by atoms with Crippen LogP contribution < -0.4 is 4.31 Å². The third-order valence-corrected chi connectivity index (χ3v) is 6.22. The predicted molar refractivity (Wildman–Crippen MR) is 95.9 cm³/mol. The fraction of sp³-hybridized carbons (Fsp3) is 0.111. The lowest BCUT2D eigenvalue weighted by atomic mass is 10.1. The van der Waals surface area contributed by atoms with Gasteiger partial charge in [-0.05, 0) is 30.3 Å². The summed E-state index contributed by atoms with van der Waals surface area (Å²) in [6.07, 6.45) is 0. The van der Waals surface area contributed by atoms with Crippen molar-refractivity contribution in [2.75, 3.05) is 18.5 Å². The van der Waals surface area contributed by atoms with Crippen molar-refractivity contribution in [1.82, 2.24) is 9.78 Å². The molecule has 1 aliphatic heterocycles. The average molecular weight is 387 g/mol. The number of methoxy groups -OCH3 is 1. The molecular formula is C18H14FN3O4S. The Balaban J connectivity index is 2.12. The topological polar surface area (TPSA) is 81.5 Å². The lowest BCUT2D eigenvalue weighted by Gasteiger charge is -2.27. The molecule has 7 nitrogen and oxygen atoms in total. The number of sulfonamides is 1. The summed E-state index contributed by atoms with van der Waals surface area (Å²) in [4.78, 5) is 12.4. The van der Waals surface area contributed by atoms with Crippen LogP contribution in [0.15, 0.2) is 53.4 Å². The van der Waals surface area contributed by atoms with Gasteiger partial charge < -0.3 is 4.74 Å². The van der Waals surface area contributed by atoms with E-state index in [4.69, 9.17) is 4.74 Å². The minimum atomic E-state index is -3.86. The molecular weight excluding hydrogens is 373 g/mol. The van der Waals surface area contributed by atoms with Crippen LogP contribution in [0.25, 0.3) is 16.9 Å². The molecule has 0 amide bonds. The summed E-state index contributed by atoms with van der Waals surface area (Å²) in [6.45, 7) is 0. The first-order valence-corrected chi connectivity index (χ1v) is 9.36. The van der Waals surface area contributed by atoms with Gasteiger partial charge in [-0.25, -0.2) is 22.3 Å². The molecule has 0 unspecified atom stereocenters. The maximum Gasteiger partial charge on any atom is 0.360 e. The quantitative estimate of drug-likeness (QED) is 0.632. The van der Waals surface area contributed by atoms with Gasteiger partial charge in [-0.2, -0.15) is 5.10 Å². The van der Waals surface area contributed by atoms with Gasteiger partial charge in [0.2, 0.25) is 0 Å². The van der Waals surface area contributed by atoms with E-state index in [1.807, 2.05) is 0 Å². The maximum absolute atomic E-state index is 13.3. The van der Waals surface area contributed by atoms with Crippen LogP contribution in [0.2, 0.25) is 0 Å². The number of ether oxygens (including phenoxy) is 1. The second-order valence-electron chi connectivity index (χ2n) is 5.89. The average Bonchev–Trinajstić information content (AvgIpc) is 3.07. The van der Waals surface area contributed by atoms with E-state index in [-0.39, 0.29) is 16.3 Å². The van der Waals surface area contributed by atoms with Crippen LogP contribution in [0.4, 0.5) is 10.1 Å². The molecule has 27 heavy (non-hydrogen) atoms. The molecule has 1 aromatic heterocycles. The molecule has 0 saturated carbocycles. The fourth-order valence-electron chi connectivity index (χ4n) is 3.11. The number of anilines is 1. The minimum Gasteiger partial charge on any atom is -0.464 e. The summed E-state index contributed by atoms with van der Waals surface area (Å²) >= 11 is 0. The van der Waals surface area contributed by atoms with Gasteiger partial charge >= 0.3 is 5.97 Å². The van der Waals surface area contributed by atoms with E-state index in [1.54, 1.807) is 18.2 Å². The number of rotatable bonds is 2. The molecule has 1 aliphatic rings. The maximum atomic E-state index is 13.3. The number of halogens is 1. The van der Waals surface area contributed by atoms with Crippen LogP contribution in [-0.2, 0) is 14.8 Å². The van der Waals surface area contributed by atoms with Crippen LogP contribution in [0.1, 0.15) is 10.5 Å². The molecule has 2 aromatic carbocycles. The van der Waals surface area contributed by atoms with E-state index >= 15 is 0 Å². The molecule has 0 spiro atoms. The van der Waals surface area contributed by atoms with Gasteiger partial charge in [-0.1, -0.05) is 18.2 Å². The highest BCUT2D eigenvalue weighted by Crippen LogP contribution is 2.45. The van der Waals surface area contributed by atoms with Gasteiger partial charge in [-0.3, -0.25) is 4.31 Å². The van der Waals surface area contributed by atoms with Gasteiger partial charge in [0.15, 0.2) is 5.69 Å². The van der Waals surface area contributed by atoms with E-state index in [0.29, 0.717) is 16.9 Å². The summed E-state index contributed by atoms with van der Waals surface area (Å²) in [7, 11) is -1.32. The molecule has 138 valence electrons. The van der Waals surface area contributed by atoms with Crippen molar-refractivity contribution in [3.05, 3.63) is 60.0 Å². The van der Waals surface area contributed by atoms with Crippen molar-refractivity contribution in [2.24, 2.45) is 0 Å². The summed E-state index contributed by atoms with van der Waals surface area (Å²) < 4.78 is 46.4. The number of benzene rings is 2. The third kappa shape index (κ3) is 2.42. The van der Waals surface area contributed by atoms with Gasteiger partial charge in [-0.15, -0.1) is 0 Å². The minimum absolute atomic E-state index is 0.0969. The molecule has 0 fully saturated rings. The molecule has 2 heterocycles. The van der Waals surface area contributed by atoms with Crippen LogP contribution in [-0.4, -0.2) is 38.3 Å². The zero-order chi connectivity index (χ0) is 19.3. The number of aromatic nitrogens is 2. The first-order chi connectivity index (χ1) is 12.9. The fourth-order valence-corrected chi connectivity index (χ4v) is 4.51. The Bertz CT molecular complexity index is 1170. The standard InChI is InChI=1S/C18H14FN3O4S/c1-21-17-15(18(23)26-2)20-22(12-9-7-11(19)8-10-12)16(17)13-5-3-4-6-14(13)27(21,24)25/h3-10H,1-2H3. The monoisotopic (exact) mass is 387 g/mol. The van der Waals surface area contributed by atoms with Crippen LogP contribution in [0.5, 0.6) is 0 Å². The number of nitrogens with zero attached hydrogens (tertiary/aromatic N) is 3. The van der Waals surface area contributed by atoms with Gasteiger partial charge in [0.05, 0.1) is 17.7 Å². The number of fused-ring (bicyclic) bond motifs is 3. The molecule has 0 saturated heterocycles. The number of hydrogen-bond donors (Lipinski definition) is 0. The lowest BCUT2D eigenvalue weighted by Crippen LogP contribution is -2.31. The van der Waals surface area contributed by atoms with Gasteiger partial charge in [0.1, 0.15) is 17.2 Å². The first kappa shape index (κ1) is 17.2. The van der Waals surface area contributed by atoms with E-state index in [2.05, 4.69) is 5.10 Å². The molecule has 3 aromatic rings. The lowest BCUT2D eigenvalue weighted by molar-refractivity contribution is 0.0594. The molecule has 9 heteroatoms. The number of carbonyl (C=O) groups is 1. The second-order valence-corrected chi connectivity index (χ2v) is 7.83. The Morgan fingerprint density at radius 1 is 1.11 bits per heavy atom. The number of carbonyl (C=O) groups excluding carboxylic acids is 1. The van der Waals surface area contributed by atoms with Crippen molar-refractivity contribution in [1.29, 1.82) is 0 Å². The largest absolute Gasteiger partial charge is 0.464 e. The Labute approximate surface area is 154 Å². The number of esters is 1. The highest BCUT2D eigenvalue weighted by Gasteiger charge is 2.40. The Morgan fingerprint density at radius 2 is 1.78 bits per heavy atom. The smallest absolute Gasteiger partial charge is 0.360 e. The summed E-state index contributed by atoms with van der Waals surface area (Å²) in [5.74, 6) is -1.19. The Morgan fingerprint density at radius 3 is 2.44 bits per heavy atom. The molecule has 0 aliphatic carbocycles. The Hall–Kier alpha value is -3.20. The number of hydrogen-bond acceptors (Lipinski definition) is 5. The van der Waals surface area contributed by atoms with Crippen molar-refractivity contribution < 1.29 is 22.3 Å². The van der Waals surface area contributed by atoms with Gasteiger partial charge in [0.25, 0.3) is 10.0 Å². The van der Waals surface area contributed by atoms with Crippen molar-refractivity contribution in [2.45, 2.75) is 4.90 Å². The van der Waals surface area contributed by atoms with E-state index in [0.717, 1.165) is 4.31 Å². The van der Waals surface area contributed by atoms with Crippen LogP contribution in [0.3, 0.4) is 0 Å². The van der Waals surface area contributed by atoms with Crippen LogP contribution >= 0.6 is 0 Å². The molecule has 0 radical (unpaired) electrons. The van der Waals surface area contributed by atoms with E-state index in [1.165, 1.54) is 49.2 Å². The summed E-state index contributed by atoms with van der Waals surface area (Å²) in [5, 5.41) is 4.29. The normalized spacial score (nSPS) is 14.4. The summed E-state index contributed by atoms with van der Waals surface area (Å²) in [5.41, 5.74) is 1.26. The van der Waals surface area contributed by atoms with Gasteiger partial charge in [0, 0.05) is 12.6 Å². The SMILES string of the molecule is COC(=O)c1nn(-c2ccc(F)cc2)c2c1N(C)S(=O)(=O)c1ccccc1-2. The van der Waals surface area contributed by atoms with Crippen molar-refractivity contribution in [3.8, 4) is 16.9 Å². The zero-order valence-corrected chi connectivity index (χ0v) is 15.2. The molecule has 0 bridgehead atoms. The second kappa shape index (κ2) is 5.92. The predicted octanol–water partition coefficient (Wildman–Crippen LogP) is 2.60. The zero-order valence-electron chi connectivity index (χ0n) is 14.4. The van der Waals surface area contributed by atoms with E-state index in [9.17, 15) is 17.6 Å². The molecule has 4 rings (SSSR count). The molecule has 0 atom stereocenters. The summed E-state index contributed by atoms with van der Waals surface area (Å²) in [6, 6.07) is 12.0. The van der Waals surface area contributed by atoms with Crippen molar-refractivity contribution in [3.63, 3.8) is 0 Å². The third-order valence-electron chi connectivity index (χ3n) is 4.41. The highest BCUT2D eigenvalue weighted by molar-refractivity contribution is 7.93. The van der Waals surface area contributed by atoms with Crippen molar-refractivity contribution >= 4 is 21.7 Å². The highest BCUT2D eigenvalue weighted by atomic mass is 32.2. The van der Waals surface area contributed by atoms with Crippen LogP contribution in [0, 0.1) is 5.82 Å². The Kier molecular flexibility index (Phi) is 3.77. The molecule has 0 N–H and O–H groups in total. The van der Waals surface area contributed by atoms with E-state index < -0.39 is 21.8 Å². The first-order valence-electron chi connectivity index (χ1n) is 7.92.